The number of para-hydroxylation sites is 1. The number of hydrogen-bond donors (Lipinski definition) is 0. The molecule has 10 heteroatoms. The molecule has 0 spiro atoms. The topological polar surface area (TPSA) is 43.4 Å². The SMILES string of the molecule is O=S(=O)(Oc1ccccc1CC(F)(F)F)C(F)(F)F. The van der Waals surface area contributed by atoms with Gasteiger partial charge in [0.15, 0.2) is 0 Å². The summed E-state index contributed by atoms with van der Waals surface area (Å²) in [6, 6.07) is 3.72. The van der Waals surface area contributed by atoms with E-state index < -0.39 is 39.5 Å². The third kappa shape index (κ3) is 4.30. The van der Waals surface area contributed by atoms with Gasteiger partial charge in [-0.2, -0.15) is 34.8 Å². The maximum absolute atomic E-state index is 12.2. The highest BCUT2D eigenvalue weighted by atomic mass is 32.2. The van der Waals surface area contributed by atoms with Crippen molar-refractivity contribution in [3.8, 4) is 5.75 Å². The minimum absolute atomic E-state index is 0.706. The Balaban J connectivity index is 3.10. The van der Waals surface area contributed by atoms with E-state index in [1.54, 1.807) is 0 Å². The molecule has 0 aliphatic rings. The van der Waals surface area contributed by atoms with Crippen molar-refractivity contribution in [2.45, 2.75) is 18.1 Å². The normalized spacial score (nSPS) is 13.4. The minimum atomic E-state index is -6.00. The molecule has 0 unspecified atom stereocenters. The maximum atomic E-state index is 12.2. The molecule has 0 N–H and O–H groups in total. The highest BCUT2D eigenvalue weighted by Gasteiger charge is 2.49. The molecule has 1 rings (SSSR count). The van der Waals surface area contributed by atoms with E-state index in [1.807, 2.05) is 0 Å². The van der Waals surface area contributed by atoms with Crippen LogP contribution in [0.25, 0.3) is 0 Å². The molecule has 0 heterocycles. The fourth-order valence-corrected chi connectivity index (χ4v) is 1.61. The zero-order valence-electron chi connectivity index (χ0n) is 8.92. The zero-order valence-corrected chi connectivity index (χ0v) is 9.73. The second-order valence-electron chi connectivity index (χ2n) is 3.38. The predicted octanol–water partition coefficient (Wildman–Crippen LogP) is 3.02. The molecule has 108 valence electrons. The molecule has 0 saturated heterocycles. The van der Waals surface area contributed by atoms with Crippen molar-refractivity contribution in [1.82, 2.24) is 0 Å². The smallest absolute Gasteiger partial charge is 0.376 e. The van der Waals surface area contributed by atoms with Crippen LogP contribution >= 0.6 is 0 Å². The summed E-state index contributed by atoms with van der Waals surface area (Å²) >= 11 is 0. The number of alkyl halides is 6. The summed E-state index contributed by atoms with van der Waals surface area (Å²) in [6.07, 6.45) is -6.31. The van der Waals surface area contributed by atoms with E-state index in [4.69, 9.17) is 0 Å². The van der Waals surface area contributed by atoms with Gasteiger partial charge < -0.3 is 4.18 Å². The van der Waals surface area contributed by atoms with Crippen LogP contribution in [0.3, 0.4) is 0 Å². The molecule has 0 fully saturated rings. The average molecular weight is 308 g/mol. The monoisotopic (exact) mass is 308 g/mol. The van der Waals surface area contributed by atoms with Crippen molar-refractivity contribution in [3.63, 3.8) is 0 Å². The van der Waals surface area contributed by atoms with E-state index >= 15 is 0 Å². The Bertz CT molecular complexity index is 546. The number of hydrogen-bond acceptors (Lipinski definition) is 3. The molecular weight excluding hydrogens is 302 g/mol. The van der Waals surface area contributed by atoms with Gasteiger partial charge in [0, 0.05) is 5.56 Å². The first-order chi connectivity index (χ1) is 8.42. The standard InChI is InChI=1S/C9H6F6O3S/c10-8(11,12)5-6-3-1-2-4-7(6)18-19(16,17)9(13,14)15/h1-4H,5H2. The maximum Gasteiger partial charge on any atom is 0.534 e. The number of rotatable bonds is 3. The molecule has 0 aliphatic carbocycles. The summed E-state index contributed by atoms with van der Waals surface area (Å²) in [5.41, 5.74) is -6.42. The van der Waals surface area contributed by atoms with Crippen LogP contribution in [0.5, 0.6) is 5.75 Å². The van der Waals surface area contributed by atoms with Crippen LogP contribution in [0.4, 0.5) is 26.3 Å². The van der Waals surface area contributed by atoms with Gasteiger partial charge in [-0.05, 0) is 6.07 Å². The Morgan fingerprint density at radius 2 is 1.53 bits per heavy atom. The highest BCUT2D eigenvalue weighted by molar-refractivity contribution is 7.88. The fraction of sp³-hybridized carbons (Fsp3) is 0.333. The molecule has 19 heavy (non-hydrogen) atoms. The lowest BCUT2D eigenvalue weighted by Crippen LogP contribution is -2.28. The summed E-state index contributed by atoms with van der Waals surface area (Å²) in [4.78, 5) is 0. The lowest BCUT2D eigenvalue weighted by atomic mass is 10.1. The molecule has 0 aliphatic heterocycles. The summed E-state index contributed by atoms with van der Waals surface area (Å²) in [5, 5.41) is 0. The Kier molecular flexibility index (Phi) is 4.03. The van der Waals surface area contributed by atoms with E-state index in [9.17, 15) is 34.8 Å². The largest absolute Gasteiger partial charge is 0.534 e. The number of halogens is 6. The lowest BCUT2D eigenvalue weighted by Gasteiger charge is -2.13. The van der Waals surface area contributed by atoms with Crippen molar-refractivity contribution < 1.29 is 38.9 Å². The summed E-state index contributed by atoms with van der Waals surface area (Å²) in [7, 11) is -6.00. The van der Waals surface area contributed by atoms with E-state index in [1.165, 1.54) is 0 Å². The number of benzene rings is 1. The highest BCUT2D eigenvalue weighted by Crippen LogP contribution is 2.31. The van der Waals surface area contributed by atoms with Crippen LogP contribution in [0.15, 0.2) is 24.3 Å². The first kappa shape index (κ1) is 15.6. The molecule has 0 aromatic heterocycles. The van der Waals surface area contributed by atoms with E-state index in [2.05, 4.69) is 4.18 Å². The van der Waals surface area contributed by atoms with Crippen molar-refractivity contribution in [1.29, 1.82) is 0 Å². The van der Waals surface area contributed by atoms with Crippen LogP contribution < -0.4 is 4.18 Å². The minimum Gasteiger partial charge on any atom is -0.376 e. The van der Waals surface area contributed by atoms with Gasteiger partial charge in [0.1, 0.15) is 5.75 Å². The summed E-state index contributed by atoms with van der Waals surface area (Å²) in [6.45, 7) is 0. The summed E-state index contributed by atoms with van der Waals surface area (Å²) < 4.78 is 97.8. The van der Waals surface area contributed by atoms with Gasteiger partial charge in [0.05, 0.1) is 6.42 Å². The first-order valence-corrected chi connectivity index (χ1v) is 5.98. The summed E-state index contributed by atoms with van der Waals surface area (Å²) in [5.74, 6) is -1.00. The molecule has 1 aromatic carbocycles. The molecular formula is C9H6F6O3S. The third-order valence-electron chi connectivity index (χ3n) is 1.85. The zero-order chi connectivity index (χ0) is 14.9. The molecule has 0 atom stereocenters. The second kappa shape index (κ2) is 4.91. The molecule has 0 bridgehead atoms. The van der Waals surface area contributed by atoms with Crippen molar-refractivity contribution in [2.24, 2.45) is 0 Å². The molecule has 0 saturated carbocycles. The quantitative estimate of drug-likeness (QED) is 0.490. The predicted molar refractivity (Wildman–Crippen MR) is 51.8 cm³/mol. The lowest BCUT2D eigenvalue weighted by molar-refractivity contribution is -0.127. The fourth-order valence-electron chi connectivity index (χ4n) is 1.11. The van der Waals surface area contributed by atoms with Gasteiger partial charge in [-0.25, -0.2) is 0 Å². The Hall–Kier alpha value is -1.45. The molecule has 3 nitrogen and oxygen atoms in total. The average Bonchev–Trinajstić information content (AvgIpc) is 2.16. The van der Waals surface area contributed by atoms with Gasteiger partial charge in [0.2, 0.25) is 0 Å². The molecule has 0 radical (unpaired) electrons. The van der Waals surface area contributed by atoms with E-state index in [0.29, 0.717) is 6.07 Å². The van der Waals surface area contributed by atoms with Crippen molar-refractivity contribution in [3.05, 3.63) is 29.8 Å². The van der Waals surface area contributed by atoms with Crippen LogP contribution in [0, 0.1) is 0 Å². The Labute approximate surface area is 103 Å². The molecule has 1 aromatic rings. The van der Waals surface area contributed by atoms with Gasteiger partial charge in [-0.15, -0.1) is 0 Å². The van der Waals surface area contributed by atoms with E-state index in [0.717, 1.165) is 18.2 Å². The van der Waals surface area contributed by atoms with Crippen LogP contribution in [0.1, 0.15) is 5.56 Å². The van der Waals surface area contributed by atoms with Crippen molar-refractivity contribution >= 4 is 10.1 Å². The van der Waals surface area contributed by atoms with Crippen LogP contribution in [-0.4, -0.2) is 20.1 Å². The second-order valence-corrected chi connectivity index (χ2v) is 4.92. The first-order valence-electron chi connectivity index (χ1n) is 4.58. The van der Waals surface area contributed by atoms with Crippen LogP contribution in [-0.2, 0) is 16.5 Å². The van der Waals surface area contributed by atoms with Gasteiger partial charge >= 0.3 is 21.8 Å². The van der Waals surface area contributed by atoms with Gasteiger partial charge in [-0.3, -0.25) is 0 Å². The Morgan fingerprint density at radius 1 is 1.00 bits per heavy atom. The van der Waals surface area contributed by atoms with Crippen molar-refractivity contribution in [2.75, 3.05) is 0 Å². The Morgan fingerprint density at radius 3 is 2.00 bits per heavy atom. The van der Waals surface area contributed by atoms with E-state index in [-0.39, 0.29) is 0 Å². The third-order valence-corrected chi connectivity index (χ3v) is 2.81. The van der Waals surface area contributed by atoms with Crippen LogP contribution in [0.2, 0.25) is 0 Å². The van der Waals surface area contributed by atoms with Gasteiger partial charge in [0.25, 0.3) is 0 Å². The van der Waals surface area contributed by atoms with Gasteiger partial charge in [-0.1, -0.05) is 18.2 Å². The molecule has 0 amide bonds.